The minimum atomic E-state index is -0.135. The van der Waals surface area contributed by atoms with Gasteiger partial charge in [0.1, 0.15) is 10.6 Å². The quantitative estimate of drug-likeness (QED) is 0.531. The monoisotopic (exact) mass is 466 g/mol. The summed E-state index contributed by atoms with van der Waals surface area (Å²) in [5.41, 5.74) is 5.65. The van der Waals surface area contributed by atoms with Crippen molar-refractivity contribution in [1.29, 1.82) is 0 Å². The zero-order valence-electron chi connectivity index (χ0n) is 19.2. The third-order valence-electron chi connectivity index (χ3n) is 6.61. The molecule has 1 aromatic carbocycles. The molecule has 1 atom stereocenters. The minimum absolute atomic E-state index is 0.0858. The number of furan rings is 1. The molecule has 2 N–H and O–H groups in total. The number of nitrogens with one attached hydrogen (secondary N) is 2. The highest BCUT2D eigenvalue weighted by molar-refractivity contribution is 7.17. The van der Waals surface area contributed by atoms with Gasteiger partial charge in [0.05, 0.1) is 24.4 Å². The van der Waals surface area contributed by atoms with Gasteiger partial charge in [-0.2, -0.15) is 0 Å². The van der Waals surface area contributed by atoms with Crippen molar-refractivity contribution < 1.29 is 18.7 Å². The Morgan fingerprint density at radius 2 is 2.00 bits per heavy atom. The van der Waals surface area contributed by atoms with E-state index in [-0.39, 0.29) is 24.3 Å². The number of benzene rings is 1. The highest BCUT2D eigenvalue weighted by atomic mass is 32.1. The summed E-state index contributed by atoms with van der Waals surface area (Å²) in [6, 6.07) is 4.09. The lowest BCUT2D eigenvalue weighted by Crippen LogP contribution is -2.32. The summed E-state index contributed by atoms with van der Waals surface area (Å²) in [7, 11) is 0. The van der Waals surface area contributed by atoms with Gasteiger partial charge < -0.3 is 19.8 Å². The summed E-state index contributed by atoms with van der Waals surface area (Å²) < 4.78 is 11.4. The number of aryl methyl sites for hydroxylation is 3. The van der Waals surface area contributed by atoms with Crippen molar-refractivity contribution in [3.63, 3.8) is 0 Å². The van der Waals surface area contributed by atoms with Crippen molar-refractivity contribution in [2.45, 2.75) is 64.9 Å². The Labute approximate surface area is 197 Å². The molecule has 0 saturated carbocycles. The predicted molar refractivity (Wildman–Crippen MR) is 130 cm³/mol. The molecule has 2 aromatic heterocycles. The number of amides is 2. The molecule has 1 saturated heterocycles. The maximum Gasteiger partial charge on any atom is 0.254 e. The molecule has 7 heteroatoms. The first-order valence-electron chi connectivity index (χ1n) is 11.8. The molecule has 6 nitrogen and oxygen atoms in total. The second kappa shape index (κ2) is 9.31. The molecule has 0 bridgehead atoms. The SMILES string of the molecule is Cc1cc(C)c2c(CC(=O)Nc3sc4c(c3C(=O)NC[C@@H]3CCCO3)CCCC4)coc2c1. The average Bonchev–Trinajstić information content (AvgIpc) is 3.50. The third kappa shape index (κ3) is 4.57. The van der Waals surface area contributed by atoms with Crippen molar-refractivity contribution in [1.82, 2.24) is 5.32 Å². The van der Waals surface area contributed by atoms with Crippen LogP contribution >= 0.6 is 11.3 Å². The van der Waals surface area contributed by atoms with Crippen LogP contribution in [0.4, 0.5) is 5.00 Å². The van der Waals surface area contributed by atoms with E-state index in [1.807, 2.05) is 19.9 Å². The van der Waals surface area contributed by atoms with Crippen molar-refractivity contribution in [2.75, 3.05) is 18.5 Å². The smallest absolute Gasteiger partial charge is 0.254 e. The first kappa shape index (κ1) is 22.2. The Bertz CT molecular complexity index is 1200. The van der Waals surface area contributed by atoms with Gasteiger partial charge in [0.25, 0.3) is 5.91 Å². The number of thiophene rings is 1. The molecule has 3 heterocycles. The minimum Gasteiger partial charge on any atom is -0.464 e. The lowest BCUT2D eigenvalue weighted by atomic mass is 9.95. The predicted octanol–water partition coefficient (Wildman–Crippen LogP) is 5.08. The molecule has 2 amide bonds. The van der Waals surface area contributed by atoms with Crippen LogP contribution in [-0.4, -0.2) is 31.1 Å². The standard InChI is InChI=1S/C26H30N2O4S/c1-15-10-16(2)23-17(14-32-20(23)11-15)12-22(29)28-26-24(19-7-3-4-8-21(19)33-26)25(30)27-13-18-6-5-9-31-18/h10-11,14,18H,3-9,12-13H2,1-2H3,(H,27,30)(H,28,29)/t18-/m0/s1. The van der Waals surface area contributed by atoms with Crippen LogP contribution in [0.1, 0.15) is 63.2 Å². The van der Waals surface area contributed by atoms with Crippen LogP contribution in [0.2, 0.25) is 0 Å². The van der Waals surface area contributed by atoms with Crippen LogP contribution in [0.3, 0.4) is 0 Å². The molecule has 33 heavy (non-hydrogen) atoms. The molecule has 1 aliphatic heterocycles. The number of hydrogen-bond donors (Lipinski definition) is 2. The maximum absolute atomic E-state index is 13.2. The molecule has 3 aromatic rings. The van der Waals surface area contributed by atoms with Gasteiger partial charge in [0.15, 0.2) is 0 Å². The van der Waals surface area contributed by atoms with E-state index in [0.29, 0.717) is 17.1 Å². The molecular weight excluding hydrogens is 436 g/mol. The first-order chi connectivity index (χ1) is 16.0. The van der Waals surface area contributed by atoms with Gasteiger partial charge in [-0.25, -0.2) is 0 Å². The number of hydrogen-bond acceptors (Lipinski definition) is 5. The molecular formula is C26H30N2O4S. The number of rotatable bonds is 6. The zero-order chi connectivity index (χ0) is 22.9. The Kier molecular flexibility index (Phi) is 6.25. The molecule has 0 unspecified atom stereocenters. The van der Waals surface area contributed by atoms with Crippen LogP contribution in [0.5, 0.6) is 0 Å². The Morgan fingerprint density at radius 3 is 2.82 bits per heavy atom. The maximum atomic E-state index is 13.2. The number of carbonyl (C=O) groups is 2. The summed E-state index contributed by atoms with van der Waals surface area (Å²) >= 11 is 1.55. The van der Waals surface area contributed by atoms with Gasteiger partial charge >= 0.3 is 0 Å². The van der Waals surface area contributed by atoms with Crippen molar-refractivity contribution >= 4 is 39.1 Å². The van der Waals surface area contributed by atoms with E-state index in [9.17, 15) is 9.59 Å². The van der Waals surface area contributed by atoms with E-state index in [0.717, 1.165) is 78.4 Å². The van der Waals surface area contributed by atoms with Crippen LogP contribution in [0.15, 0.2) is 22.8 Å². The van der Waals surface area contributed by atoms with Gasteiger partial charge in [-0.05, 0) is 75.1 Å². The summed E-state index contributed by atoms with van der Waals surface area (Å²) in [5, 5.41) is 7.77. The number of ether oxygens (including phenoxy) is 1. The van der Waals surface area contributed by atoms with Crippen LogP contribution < -0.4 is 10.6 Å². The topological polar surface area (TPSA) is 80.6 Å². The Hall–Kier alpha value is -2.64. The normalized spacial score (nSPS) is 17.8. The van der Waals surface area contributed by atoms with Crippen LogP contribution in [0.25, 0.3) is 11.0 Å². The average molecular weight is 467 g/mol. The molecule has 2 aliphatic rings. The number of fused-ring (bicyclic) bond motifs is 2. The fraction of sp³-hybridized carbons (Fsp3) is 0.462. The van der Waals surface area contributed by atoms with Crippen molar-refractivity contribution in [3.05, 3.63) is 51.1 Å². The molecule has 1 aliphatic carbocycles. The third-order valence-corrected chi connectivity index (χ3v) is 7.82. The van der Waals surface area contributed by atoms with Gasteiger partial charge in [0.2, 0.25) is 5.91 Å². The molecule has 174 valence electrons. The lowest BCUT2D eigenvalue weighted by Gasteiger charge is -2.15. The van der Waals surface area contributed by atoms with Crippen molar-refractivity contribution in [2.24, 2.45) is 0 Å². The van der Waals surface area contributed by atoms with E-state index in [1.54, 1.807) is 17.6 Å². The Morgan fingerprint density at radius 1 is 1.15 bits per heavy atom. The molecule has 5 rings (SSSR count). The van der Waals surface area contributed by atoms with Gasteiger partial charge in [0, 0.05) is 29.0 Å². The second-order valence-corrected chi connectivity index (χ2v) is 10.3. The van der Waals surface area contributed by atoms with E-state index < -0.39 is 0 Å². The first-order valence-corrected chi connectivity index (χ1v) is 12.6. The van der Waals surface area contributed by atoms with Crippen molar-refractivity contribution in [3.8, 4) is 0 Å². The number of carbonyl (C=O) groups excluding carboxylic acids is 2. The van der Waals surface area contributed by atoms with E-state index >= 15 is 0 Å². The summed E-state index contributed by atoms with van der Waals surface area (Å²) in [6.45, 7) is 5.34. The highest BCUT2D eigenvalue weighted by Gasteiger charge is 2.27. The second-order valence-electron chi connectivity index (χ2n) is 9.20. The summed E-state index contributed by atoms with van der Waals surface area (Å²) in [6.07, 6.45) is 8.02. The molecule has 0 spiro atoms. The van der Waals surface area contributed by atoms with E-state index in [2.05, 4.69) is 16.7 Å². The Balaban J connectivity index is 1.36. The molecule has 0 radical (unpaired) electrons. The van der Waals surface area contributed by atoms with Gasteiger partial charge in [-0.3, -0.25) is 9.59 Å². The molecule has 1 fully saturated rings. The largest absolute Gasteiger partial charge is 0.464 e. The van der Waals surface area contributed by atoms with Gasteiger partial charge in [-0.1, -0.05) is 6.07 Å². The van der Waals surface area contributed by atoms with Crippen LogP contribution in [0, 0.1) is 13.8 Å². The fourth-order valence-electron chi connectivity index (χ4n) is 5.09. The highest BCUT2D eigenvalue weighted by Crippen LogP contribution is 2.38. The van der Waals surface area contributed by atoms with Gasteiger partial charge in [-0.15, -0.1) is 11.3 Å². The lowest BCUT2D eigenvalue weighted by molar-refractivity contribution is -0.115. The summed E-state index contributed by atoms with van der Waals surface area (Å²) in [4.78, 5) is 27.5. The zero-order valence-corrected chi connectivity index (χ0v) is 20.0. The van der Waals surface area contributed by atoms with E-state index in [1.165, 1.54) is 4.88 Å². The summed E-state index contributed by atoms with van der Waals surface area (Å²) in [5.74, 6) is -0.246. The number of anilines is 1. The van der Waals surface area contributed by atoms with Crippen LogP contribution in [-0.2, 0) is 28.8 Å². The van der Waals surface area contributed by atoms with E-state index in [4.69, 9.17) is 9.15 Å². The fourth-order valence-corrected chi connectivity index (χ4v) is 6.40.